The maximum atomic E-state index is 13.5. The number of nitrogens with zero attached hydrogens (tertiary/aromatic N) is 3. The maximum Gasteiger partial charge on any atom is 0.350 e. The van der Waals surface area contributed by atoms with Gasteiger partial charge in [0.05, 0.1) is 41.2 Å². The number of rotatable bonds is 6. The van der Waals surface area contributed by atoms with Crippen LogP contribution >= 0.6 is 22.7 Å². The van der Waals surface area contributed by atoms with Gasteiger partial charge >= 0.3 is 5.97 Å². The average molecular weight is 508 g/mol. The van der Waals surface area contributed by atoms with Gasteiger partial charge in [0, 0.05) is 0 Å². The molecule has 2 aromatic heterocycles. The van der Waals surface area contributed by atoms with Gasteiger partial charge in [-0.3, -0.25) is 9.69 Å². The predicted octanol–water partition coefficient (Wildman–Crippen LogP) is 5.30. The Morgan fingerprint density at radius 1 is 1.14 bits per heavy atom. The molecule has 0 spiro atoms. The standard InChI is InChI=1S/C25H21N3O5S2/c1-4-33-24(31)21-13(2)26-25(35-21)28-19(14-8-7-9-15(12-14)32-3)18(20(29)23(28)30)22-27-16-10-5-6-11-17(16)34-22/h5-12,19,29H,4H2,1-3H3/t19-/m0/s1. The molecule has 0 aliphatic carbocycles. The highest BCUT2D eigenvalue weighted by molar-refractivity contribution is 7.19. The van der Waals surface area contributed by atoms with Crippen molar-refractivity contribution in [2.45, 2.75) is 19.9 Å². The number of benzene rings is 2. The Labute approximate surface area is 209 Å². The zero-order chi connectivity index (χ0) is 24.7. The minimum Gasteiger partial charge on any atom is -0.503 e. The lowest BCUT2D eigenvalue weighted by Gasteiger charge is -2.24. The zero-order valence-electron chi connectivity index (χ0n) is 19.1. The molecule has 4 aromatic rings. The summed E-state index contributed by atoms with van der Waals surface area (Å²) in [6, 6.07) is 14.2. The highest BCUT2D eigenvalue weighted by Crippen LogP contribution is 2.48. The monoisotopic (exact) mass is 507 g/mol. The average Bonchev–Trinajstić information content (AvgIpc) is 3.53. The van der Waals surface area contributed by atoms with Gasteiger partial charge in [-0.25, -0.2) is 14.8 Å². The molecule has 0 unspecified atom stereocenters. The highest BCUT2D eigenvalue weighted by atomic mass is 32.1. The van der Waals surface area contributed by atoms with Crippen molar-refractivity contribution < 1.29 is 24.2 Å². The summed E-state index contributed by atoms with van der Waals surface area (Å²) in [7, 11) is 1.56. The molecule has 3 heterocycles. The fourth-order valence-corrected chi connectivity index (χ4v) is 6.03. The number of aromatic nitrogens is 2. The summed E-state index contributed by atoms with van der Waals surface area (Å²) in [5, 5.41) is 11.9. The third kappa shape index (κ3) is 3.94. The van der Waals surface area contributed by atoms with Crippen LogP contribution in [0.15, 0.2) is 54.3 Å². The molecule has 0 saturated heterocycles. The van der Waals surface area contributed by atoms with Crippen molar-refractivity contribution in [1.82, 2.24) is 9.97 Å². The van der Waals surface area contributed by atoms with Crippen LogP contribution in [0.1, 0.15) is 38.9 Å². The van der Waals surface area contributed by atoms with E-state index >= 15 is 0 Å². The summed E-state index contributed by atoms with van der Waals surface area (Å²) in [6.45, 7) is 3.64. The number of hydrogen-bond acceptors (Lipinski definition) is 9. The SMILES string of the molecule is CCOC(=O)c1sc(N2C(=O)C(O)=C(c3nc4ccccc4s3)[C@@H]2c2cccc(OC)c2)nc1C. The van der Waals surface area contributed by atoms with Gasteiger partial charge in [-0.05, 0) is 43.7 Å². The molecule has 10 heteroatoms. The van der Waals surface area contributed by atoms with Crippen LogP contribution in [0.3, 0.4) is 0 Å². The van der Waals surface area contributed by atoms with Crippen LogP contribution in [-0.2, 0) is 9.53 Å². The Hall–Kier alpha value is -3.76. The van der Waals surface area contributed by atoms with Crippen molar-refractivity contribution in [2.75, 3.05) is 18.6 Å². The van der Waals surface area contributed by atoms with E-state index in [0.29, 0.717) is 32.5 Å². The number of fused-ring (bicyclic) bond motifs is 1. The lowest BCUT2D eigenvalue weighted by molar-refractivity contribution is -0.117. The molecule has 1 atom stereocenters. The van der Waals surface area contributed by atoms with Crippen LogP contribution in [-0.4, -0.2) is 40.7 Å². The fourth-order valence-electron chi connectivity index (χ4n) is 4.01. The second kappa shape index (κ2) is 9.12. The van der Waals surface area contributed by atoms with E-state index in [1.807, 2.05) is 42.5 Å². The number of aliphatic hydroxyl groups is 1. The molecule has 1 amide bonds. The van der Waals surface area contributed by atoms with Gasteiger partial charge in [0.15, 0.2) is 10.9 Å². The number of hydrogen-bond donors (Lipinski definition) is 1. The third-order valence-electron chi connectivity index (χ3n) is 5.59. The Morgan fingerprint density at radius 2 is 1.94 bits per heavy atom. The molecule has 1 aliphatic rings. The van der Waals surface area contributed by atoms with Crippen LogP contribution < -0.4 is 9.64 Å². The topological polar surface area (TPSA) is 102 Å². The van der Waals surface area contributed by atoms with Crippen molar-refractivity contribution in [3.05, 3.63) is 75.4 Å². The Kier molecular flexibility index (Phi) is 6.00. The Bertz CT molecular complexity index is 1460. The van der Waals surface area contributed by atoms with Crippen molar-refractivity contribution in [3.8, 4) is 5.75 Å². The van der Waals surface area contributed by atoms with Crippen molar-refractivity contribution in [2.24, 2.45) is 0 Å². The first kappa shape index (κ1) is 23.0. The predicted molar refractivity (Wildman–Crippen MR) is 135 cm³/mol. The number of anilines is 1. The maximum absolute atomic E-state index is 13.5. The van der Waals surface area contributed by atoms with Gasteiger partial charge in [-0.15, -0.1) is 11.3 Å². The lowest BCUT2D eigenvalue weighted by Crippen LogP contribution is -2.30. The minimum atomic E-state index is -0.723. The summed E-state index contributed by atoms with van der Waals surface area (Å²) >= 11 is 2.45. The number of para-hydroxylation sites is 1. The fraction of sp³-hybridized carbons (Fsp3) is 0.200. The van der Waals surface area contributed by atoms with E-state index in [2.05, 4.69) is 4.98 Å². The van der Waals surface area contributed by atoms with Crippen LogP contribution in [0.2, 0.25) is 0 Å². The van der Waals surface area contributed by atoms with Crippen molar-refractivity contribution in [3.63, 3.8) is 0 Å². The summed E-state index contributed by atoms with van der Waals surface area (Å²) in [4.78, 5) is 36.8. The highest BCUT2D eigenvalue weighted by Gasteiger charge is 2.45. The van der Waals surface area contributed by atoms with Gasteiger partial charge < -0.3 is 14.6 Å². The Morgan fingerprint density at radius 3 is 2.69 bits per heavy atom. The van der Waals surface area contributed by atoms with Crippen molar-refractivity contribution >= 4 is 55.5 Å². The third-order valence-corrected chi connectivity index (χ3v) is 7.80. The van der Waals surface area contributed by atoms with Crippen LogP contribution in [0.4, 0.5) is 5.13 Å². The molecule has 2 aromatic carbocycles. The summed E-state index contributed by atoms with van der Waals surface area (Å²) < 4.78 is 11.5. The van der Waals surface area contributed by atoms with Gasteiger partial charge in [0.1, 0.15) is 15.6 Å². The zero-order valence-corrected chi connectivity index (χ0v) is 20.8. The number of aryl methyl sites for hydroxylation is 1. The molecule has 0 radical (unpaired) electrons. The Balaban J connectivity index is 1.68. The molecule has 1 N–H and O–H groups in total. The summed E-state index contributed by atoms with van der Waals surface area (Å²) in [6.07, 6.45) is 0. The van der Waals surface area contributed by atoms with E-state index in [9.17, 15) is 14.7 Å². The molecule has 35 heavy (non-hydrogen) atoms. The normalized spacial score (nSPS) is 15.8. The van der Waals surface area contributed by atoms with E-state index in [1.54, 1.807) is 27.0 Å². The number of ether oxygens (including phenoxy) is 2. The first-order chi connectivity index (χ1) is 16.9. The number of methoxy groups -OCH3 is 1. The number of thiazole rings is 2. The molecule has 0 saturated carbocycles. The van der Waals surface area contributed by atoms with Crippen molar-refractivity contribution in [1.29, 1.82) is 0 Å². The minimum absolute atomic E-state index is 0.227. The van der Waals surface area contributed by atoms with Gasteiger partial charge in [0.25, 0.3) is 5.91 Å². The molecule has 0 fully saturated rings. The molecular formula is C25H21N3O5S2. The van der Waals surface area contributed by atoms with E-state index < -0.39 is 23.7 Å². The van der Waals surface area contributed by atoms with E-state index in [-0.39, 0.29) is 11.7 Å². The summed E-state index contributed by atoms with van der Waals surface area (Å²) in [5.41, 5.74) is 2.32. The molecular weight excluding hydrogens is 486 g/mol. The second-order valence-electron chi connectivity index (χ2n) is 7.73. The number of amides is 1. The van der Waals surface area contributed by atoms with Crippen LogP contribution in [0, 0.1) is 6.92 Å². The summed E-state index contributed by atoms with van der Waals surface area (Å²) in [5.74, 6) is -0.909. The lowest BCUT2D eigenvalue weighted by atomic mass is 9.99. The molecule has 5 rings (SSSR count). The molecule has 178 valence electrons. The molecule has 1 aliphatic heterocycles. The van der Waals surface area contributed by atoms with E-state index in [4.69, 9.17) is 14.5 Å². The number of carbonyl (C=O) groups excluding carboxylic acids is 2. The first-order valence-corrected chi connectivity index (χ1v) is 12.5. The van der Waals surface area contributed by atoms with Crippen LogP contribution in [0.25, 0.3) is 15.8 Å². The second-order valence-corrected chi connectivity index (χ2v) is 9.74. The number of esters is 1. The van der Waals surface area contributed by atoms with Crippen LogP contribution in [0.5, 0.6) is 5.75 Å². The van der Waals surface area contributed by atoms with E-state index in [0.717, 1.165) is 21.6 Å². The smallest absolute Gasteiger partial charge is 0.350 e. The van der Waals surface area contributed by atoms with Gasteiger partial charge in [0.2, 0.25) is 0 Å². The molecule has 8 nitrogen and oxygen atoms in total. The molecule has 0 bridgehead atoms. The van der Waals surface area contributed by atoms with E-state index in [1.165, 1.54) is 16.2 Å². The quantitative estimate of drug-likeness (QED) is 0.353. The largest absolute Gasteiger partial charge is 0.503 e. The number of aliphatic hydroxyl groups excluding tert-OH is 1. The first-order valence-electron chi connectivity index (χ1n) is 10.8. The van der Waals surface area contributed by atoms with Gasteiger partial charge in [-0.1, -0.05) is 35.6 Å². The number of carbonyl (C=O) groups is 2. The van der Waals surface area contributed by atoms with Gasteiger partial charge in [-0.2, -0.15) is 0 Å².